The number of pyridine rings is 1. The first-order chi connectivity index (χ1) is 12.0. The largest absolute Gasteiger partial charge is 0.379 e. The Hall–Kier alpha value is -1.95. The average molecular weight is 360 g/mol. The van der Waals surface area contributed by atoms with Crippen LogP contribution in [0.5, 0.6) is 0 Å². The van der Waals surface area contributed by atoms with E-state index in [1.54, 1.807) is 6.07 Å². The van der Waals surface area contributed by atoms with Crippen molar-refractivity contribution in [1.82, 2.24) is 9.88 Å². The molecule has 132 valence electrons. The predicted octanol–water partition coefficient (Wildman–Crippen LogP) is 3.50. The summed E-state index contributed by atoms with van der Waals surface area (Å²) in [5, 5.41) is 3.28. The normalized spacial score (nSPS) is 15.2. The van der Waals surface area contributed by atoms with Gasteiger partial charge in [0.1, 0.15) is 5.15 Å². The Morgan fingerprint density at radius 1 is 1.28 bits per heavy atom. The first-order valence-electron chi connectivity index (χ1n) is 8.37. The van der Waals surface area contributed by atoms with Crippen molar-refractivity contribution in [2.45, 2.75) is 20.4 Å². The summed E-state index contributed by atoms with van der Waals surface area (Å²) >= 11 is 6.13. The minimum atomic E-state index is -0.127. The van der Waals surface area contributed by atoms with Crippen LogP contribution in [0.25, 0.3) is 11.3 Å². The fraction of sp³-hybridized carbons (Fsp3) is 0.368. The summed E-state index contributed by atoms with van der Waals surface area (Å²) in [6.45, 7) is 7.82. The molecule has 1 aromatic heterocycles. The zero-order valence-corrected chi connectivity index (χ0v) is 15.3. The highest BCUT2D eigenvalue weighted by Crippen LogP contribution is 2.31. The van der Waals surface area contributed by atoms with Gasteiger partial charge in [-0.3, -0.25) is 9.69 Å². The van der Waals surface area contributed by atoms with Crippen LogP contribution >= 0.6 is 11.6 Å². The maximum atomic E-state index is 11.5. The number of halogens is 1. The minimum absolute atomic E-state index is 0.127. The van der Waals surface area contributed by atoms with Crippen molar-refractivity contribution >= 4 is 23.2 Å². The summed E-state index contributed by atoms with van der Waals surface area (Å²) in [4.78, 5) is 18.3. The molecule has 25 heavy (non-hydrogen) atoms. The maximum Gasteiger partial charge on any atom is 0.221 e. The minimum Gasteiger partial charge on any atom is -0.379 e. The highest BCUT2D eigenvalue weighted by molar-refractivity contribution is 6.29. The number of carbonyl (C=O) groups excluding carboxylic acids is 1. The first-order valence-corrected chi connectivity index (χ1v) is 8.75. The molecule has 0 unspecified atom stereocenters. The van der Waals surface area contributed by atoms with E-state index in [1.807, 2.05) is 19.1 Å². The van der Waals surface area contributed by atoms with Crippen LogP contribution in [-0.2, 0) is 16.1 Å². The van der Waals surface area contributed by atoms with Crippen molar-refractivity contribution in [2.75, 3.05) is 31.6 Å². The molecule has 1 N–H and O–H groups in total. The fourth-order valence-electron chi connectivity index (χ4n) is 2.96. The molecule has 5 nitrogen and oxygen atoms in total. The lowest BCUT2D eigenvalue weighted by atomic mass is 10.0. The maximum absolute atomic E-state index is 11.5. The molecule has 0 aliphatic carbocycles. The number of anilines is 1. The molecule has 1 aliphatic rings. The van der Waals surface area contributed by atoms with E-state index in [4.69, 9.17) is 16.3 Å². The van der Waals surface area contributed by atoms with Gasteiger partial charge in [0.2, 0.25) is 5.91 Å². The van der Waals surface area contributed by atoms with Gasteiger partial charge in [0.15, 0.2) is 0 Å². The van der Waals surface area contributed by atoms with Crippen LogP contribution < -0.4 is 5.32 Å². The van der Waals surface area contributed by atoms with Gasteiger partial charge in [-0.1, -0.05) is 35.9 Å². The van der Waals surface area contributed by atoms with Crippen molar-refractivity contribution in [3.05, 3.63) is 46.6 Å². The number of morpholine rings is 1. The Balaban J connectivity index is 1.85. The molecule has 0 radical (unpaired) electrons. The number of rotatable bonds is 4. The monoisotopic (exact) mass is 359 g/mol. The van der Waals surface area contributed by atoms with E-state index >= 15 is 0 Å². The first kappa shape index (κ1) is 17.9. The number of hydrogen-bond donors (Lipinski definition) is 1. The van der Waals surface area contributed by atoms with Crippen LogP contribution in [0.1, 0.15) is 18.1 Å². The van der Waals surface area contributed by atoms with Crippen LogP contribution in [0.3, 0.4) is 0 Å². The number of nitrogens with one attached hydrogen (secondary N) is 1. The Bertz CT molecular complexity index is 756. The van der Waals surface area contributed by atoms with Crippen molar-refractivity contribution in [1.29, 1.82) is 0 Å². The second kappa shape index (κ2) is 7.95. The third-order valence-corrected chi connectivity index (χ3v) is 4.42. The summed E-state index contributed by atoms with van der Waals surface area (Å²) in [5.74, 6) is -0.127. The van der Waals surface area contributed by atoms with Gasteiger partial charge < -0.3 is 10.1 Å². The van der Waals surface area contributed by atoms with Crippen LogP contribution in [0.15, 0.2) is 30.3 Å². The lowest BCUT2D eigenvalue weighted by molar-refractivity contribution is -0.114. The highest BCUT2D eigenvalue weighted by atomic mass is 35.5. The molecule has 1 saturated heterocycles. The molecule has 6 heteroatoms. The number of hydrogen-bond acceptors (Lipinski definition) is 4. The number of aryl methyl sites for hydroxylation is 1. The van der Waals surface area contributed by atoms with Gasteiger partial charge in [-0.15, -0.1) is 0 Å². The molecule has 0 atom stereocenters. The highest BCUT2D eigenvalue weighted by Gasteiger charge is 2.14. The number of amides is 1. The summed E-state index contributed by atoms with van der Waals surface area (Å²) in [6.07, 6.45) is 0. The lowest BCUT2D eigenvalue weighted by Gasteiger charge is -2.26. The Morgan fingerprint density at radius 2 is 1.96 bits per heavy atom. The van der Waals surface area contributed by atoms with Crippen molar-refractivity contribution in [3.63, 3.8) is 0 Å². The molecule has 0 saturated carbocycles. The fourth-order valence-corrected chi connectivity index (χ4v) is 3.21. The van der Waals surface area contributed by atoms with Crippen LogP contribution in [0, 0.1) is 6.92 Å². The molecule has 1 amide bonds. The van der Waals surface area contributed by atoms with E-state index in [0.29, 0.717) is 16.5 Å². The van der Waals surface area contributed by atoms with Crippen molar-refractivity contribution in [3.8, 4) is 11.3 Å². The Morgan fingerprint density at radius 3 is 2.60 bits per heavy atom. The smallest absolute Gasteiger partial charge is 0.221 e. The third kappa shape index (κ3) is 4.57. The second-order valence-corrected chi connectivity index (χ2v) is 6.64. The number of nitrogens with zero attached hydrogens (tertiary/aromatic N) is 2. The molecular formula is C19H22ClN3O2. The Kier molecular flexibility index (Phi) is 5.68. The number of aromatic nitrogens is 1. The lowest BCUT2D eigenvalue weighted by Crippen LogP contribution is -2.35. The second-order valence-electron chi connectivity index (χ2n) is 6.25. The molecule has 3 rings (SSSR count). The van der Waals surface area contributed by atoms with Gasteiger partial charge in [0, 0.05) is 32.1 Å². The van der Waals surface area contributed by atoms with E-state index < -0.39 is 0 Å². The molecule has 1 fully saturated rings. The van der Waals surface area contributed by atoms with Crippen LogP contribution in [0.4, 0.5) is 5.69 Å². The van der Waals surface area contributed by atoms with Gasteiger partial charge >= 0.3 is 0 Å². The summed E-state index contributed by atoms with van der Waals surface area (Å²) < 4.78 is 5.38. The summed E-state index contributed by atoms with van der Waals surface area (Å²) in [7, 11) is 0. The van der Waals surface area contributed by atoms with Crippen molar-refractivity contribution < 1.29 is 9.53 Å². The van der Waals surface area contributed by atoms with E-state index in [1.165, 1.54) is 12.5 Å². The number of benzene rings is 1. The third-order valence-electron chi connectivity index (χ3n) is 4.22. The van der Waals surface area contributed by atoms with Gasteiger partial charge in [0.25, 0.3) is 0 Å². The molecule has 2 aromatic rings. The molecule has 1 aromatic carbocycles. The average Bonchev–Trinajstić information content (AvgIpc) is 2.58. The van der Waals surface area contributed by atoms with Crippen LogP contribution in [0.2, 0.25) is 5.15 Å². The van der Waals surface area contributed by atoms with Gasteiger partial charge in [-0.25, -0.2) is 4.98 Å². The molecule has 1 aliphatic heterocycles. The molecule has 0 bridgehead atoms. The molecule has 2 heterocycles. The van der Waals surface area contributed by atoms with Gasteiger partial charge in [-0.2, -0.15) is 0 Å². The van der Waals surface area contributed by atoms with Gasteiger partial charge in [-0.05, 0) is 24.1 Å². The molecule has 0 spiro atoms. The zero-order chi connectivity index (χ0) is 17.8. The number of ether oxygens (including phenoxy) is 1. The SMILES string of the molecule is CC(=O)Nc1c(C)cc(Cl)nc1-c1ccc(CN2CCOCC2)cc1. The topological polar surface area (TPSA) is 54.5 Å². The standard InChI is InChI=1S/C19H22ClN3O2/c1-13-11-17(20)22-19(18(13)21-14(2)24)16-5-3-15(4-6-16)12-23-7-9-25-10-8-23/h3-6,11H,7-10,12H2,1-2H3,(H,21,24). The number of carbonyl (C=O) groups is 1. The van der Waals surface area contributed by atoms with E-state index in [2.05, 4.69) is 27.3 Å². The zero-order valence-electron chi connectivity index (χ0n) is 14.5. The predicted molar refractivity (Wildman–Crippen MR) is 99.8 cm³/mol. The quantitative estimate of drug-likeness (QED) is 0.849. The van der Waals surface area contributed by atoms with E-state index in [9.17, 15) is 4.79 Å². The van der Waals surface area contributed by atoms with Gasteiger partial charge in [0.05, 0.1) is 24.6 Å². The summed E-state index contributed by atoms with van der Waals surface area (Å²) in [6, 6.07) is 10.0. The van der Waals surface area contributed by atoms with Crippen molar-refractivity contribution in [2.24, 2.45) is 0 Å². The Labute approximate surface area is 153 Å². The van der Waals surface area contributed by atoms with Crippen LogP contribution in [-0.4, -0.2) is 42.1 Å². The van der Waals surface area contributed by atoms with E-state index in [-0.39, 0.29) is 5.91 Å². The summed E-state index contributed by atoms with van der Waals surface area (Å²) in [5.41, 5.74) is 4.46. The molecular weight excluding hydrogens is 338 g/mol. The van der Waals surface area contributed by atoms with E-state index in [0.717, 1.165) is 44.0 Å².